The van der Waals surface area contributed by atoms with E-state index in [-0.39, 0.29) is 0 Å². The van der Waals surface area contributed by atoms with Crippen LogP contribution in [0.4, 0.5) is 0 Å². The molecule has 0 aromatic carbocycles. The Labute approximate surface area is 135 Å². The molecule has 0 saturated carbocycles. The molecule has 126 valence electrons. The van der Waals surface area contributed by atoms with Gasteiger partial charge in [0.15, 0.2) is 0 Å². The van der Waals surface area contributed by atoms with Crippen LogP contribution in [0.15, 0.2) is 0 Å². The Hall–Kier alpha value is 0.130. The number of piperidine rings is 1. The first-order valence-electron chi connectivity index (χ1n) is 8.38. The van der Waals surface area contributed by atoms with Crippen LogP contribution in [0, 0.1) is 5.92 Å². The Balaban J connectivity index is 1.77. The number of nitrogens with zero attached hydrogens (tertiary/aromatic N) is 1. The van der Waals surface area contributed by atoms with Crippen molar-refractivity contribution in [3.05, 3.63) is 0 Å². The van der Waals surface area contributed by atoms with Crippen molar-refractivity contribution in [3.63, 3.8) is 0 Å². The molecule has 1 heterocycles. The molecule has 0 aromatic rings. The van der Waals surface area contributed by atoms with Gasteiger partial charge in [-0.2, -0.15) is 0 Å². The molecule has 1 aliphatic rings. The highest BCUT2D eigenvalue weighted by Crippen LogP contribution is 2.17. The monoisotopic (exact) mass is 321 g/mol. The molecule has 4 nitrogen and oxygen atoms in total. The highest BCUT2D eigenvalue weighted by Gasteiger charge is 2.17. The van der Waals surface area contributed by atoms with Crippen molar-refractivity contribution in [1.82, 2.24) is 4.90 Å². The molecule has 0 atom stereocenters. The molecule has 5 heteroatoms. The number of alkyl halides is 1. The fraction of sp³-hybridized carbons (Fsp3) is 1.00. The maximum absolute atomic E-state index is 5.88. The Morgan fingerprint density at radius 3 is 2.05 bits per heavy atom. The first kappa shape index (κ1) is 19.2. The minimum atomic E-state index is 0.658. The average Bonchev–Trinajstić information content (AvgIpc) is 2.53. The van der Waals surface area contributed by atoms with Gasteiger partial charge in [0.25, 0.3) is 0 Å². The van der Waals surface area contributed by atoms with E-state index in [4.69, 9.17) is 25.8 Å². The van der Waals surface area contributed by atoms with Gasteiger partial charge in [-0.05, 0) is 38.3 Å². The average molecular weight is 322 g/mol. The molecular formula is C16H32ClNO3. The molecule has 0 spiro atoms. The Morgan fingerprint density at radius 2 is 1.48 bits per heavy atom. The molecule has 21 heavy (non-hydrogen) atoms. The van der Waals surface area contributed by atoms with E-state index in [1.165, 1.54) is 19.3 Å². The lowest BCUT2D eigenvalue weighted by Gasteiger charge is -2.30. The van der Waals surface area contributed by atoms with E-state index in [0.717, 1.165) is 51.1 Å². The first-order valence-corrected chi connectivity index (χ1v) is 8.91. The van der Waals surface area contributed by atoms with Crippen LogP contribution in [0.5, 0.6) is 0 Å². The normalized spacial score (nSPS) is 17.4. The van der Waals surface area contributed by atoms with Crippen molar-refractivity contribution in [2.75, 3.05) is 65.2 Å². The number of hydrogen-bond donors (Lipinski definition) is 0. The zero-order valence-corrected chi connectivity index (χ0v) is 14.3. The zero-order valence-electron chi connectivity index (χ0n) is 13.5. The summed E-state index contributed by atoms with van der Waals surface area (Å²) in [5.74, 6) is 1.53. The second-order valence-electron chi connectivity index (χ2n) is 5.63. The van der Waals surface area contributed by atoms with Gasteiger partial charge < -0.3 is 19.1 Å². The lowest BCUT2D eigenvalue weighted by Crippen LogP contribution is -2.36. The number of rotatable bonds is 13. The molecule has 0 bridgehead atoms. The quantitative estimate of drug-likeness (QED) is 0.385. The van der Waals surface area contributed by atoms with Gasteiger partial charge in [0.05, 0.1) is 33.0 Å². The van der Waals surface area contributed by atoms with Crippen LogP contribution in [0.1, 0.15) is 32.6 Å². The molecule has 0 aromatic heterocycles. The Kier molecular flexibility index (Phi) is 12.6. The smallest absolute Gasteiger partial charge is 0.0701 e. The molecule has 0 aliphatic carbocycles. The third-order valence-electron chi connectivity index (χ3n) is 3.86. The number of halogens is 1. The van der Waals surface area contributed by atoms with Crippen molar-refractivity contribution in [1.29, 1.82) is 0 Å². The van der Waals surface area contributed by atoms with Crippen LogP contribution in [0.2, 0.25) is 0 Å². The summed E-state index contributed by atoms with van der Waals surface area (Å²) in [6.07, 6.45) is 4.76. The van der Waals surface area contributed by atoms with Gasteiger partial charge in [-0.3, -0.25) is 0 Å². The summed E-state index contributed by atoms with van der Waals surface area (Å²) in [6.45, 7) is 9.83. The largest absolute Gasteiger partial charge is 0.379 e. The third kappa shape index (κ3) is 10.5. The summed E-state index contributed by atoms with van der Waals surface area (Å²) in [6, 6.07) is 0. The molecular weight excluding hydrogens is 290 g/mol. The summed E-state index contributed by atoms with van der Waals surface area (Å²) in [4.78, 5) is 2.46. The van der Waals surface area contributed by atoms with Crippen LogP contribution < -0.4 is 0 Å². The summed E-state index contributed by atoms with van der Waals surface area (Å²) >= 11 is 5.88. The number of ether oxygens (including phenoxy) is 3. The molecule has 1 saturated heterocycles. The van der Waals surface area contributed by atoms with Crippen LogP contribution in [0.3, 0.4) is 0 Å². The summed E-state index contributed by atoms with van der Waals surface area (Å²) in [5.41, 5.74) is 0. The Morgan fingerprint density at radius 1 is 0.905 bits per heavy atom. The highest BCUT2D eigenvalue weighted by atomic mass is 35.5. The van der Waals surface area contributed by atoms with E-state index < -0.39 is 0 Å². The second kappa shape index (κ2) is 13.8. The molecule has 0 radical (unpaired) electrons. The predicted octanol–water partition coefficient (Wildman–Crippen LogP) is 2.79. The van der Waals surface area contributed by atoms with Crippen LogP contribution in [-0.4, -0.2) is 70.1 Å². The van der Waals surface area contributed by atoms with Gasteiger partial charge in [-0.15, -0.1) is 11.6 Å². The second-order valence-corrected chi connectivity index (χ2v) is 5.94. The first-order chi connectivity index (χ1) is 10.4. The van der Waals surface area contributed by atoms with Crippen molar-refractivity contribution >= 4 is 11.6 Å². The van der Waals surface area contributed by atoms with Gasteiger partial charge in [-0.25, -0.2) is 0 Å². The van der Waals surface area contributed by atoms with Crippen molar-refractivity contribution in [2.24, 2.45) is 5.92 Å². The van der Waals surface area contributed by atoms with Gasteiger partial charge >= 0.3 is 0 Å². The standard InChI is InChI=1S/C16H32ClNO3/c1-2-3-9-19-11-13-21-14-12-20-10-8-18-6-4-16(15-17)5-7-18/h16H,2-15H2,1H3. The zero-order chi connectivity index (χ0) is 15.2. The van der Waals surface area contributed by atoms with Crippen LogP contribution in [0.25, 0.3) is 0 Å². The Bertz CT molecular complexity index is 224. The van der Waals surface area contributed by atoms with Crippen LogP contribution in [-0.2, 0) is 14.2 Å². The van der Waals surface area contributed by atoms with E-state index in [2.05, 4.69) is 11.8 Å². The minimum absolute atomic E-state index is 0.658. The number of hydrogen-bond acceptors (Lipinski definition) is 4. The van der Waals surface area contributed by atoms with Crippen LogP contribution >= 0.6 is 11.6 Å². The fourth-order valence-corrected chi connectivity index (χ4v) is 2.65. The number of unbranched alkanes of at least 4 members (excludes halogenated alkanes) is 1. The SMILES string of the molecule is CCCCOCCOCCOCCN1CCC(CCl)CC1. The number of likely N-dealkylation sites (tertiary alicyclic amines) is 1. The van der Waals surface area contributed by atoms with E-state index in [1.807, 2.05) is 0 Å². The van der Waals surface area contributed by atoms with Gasteiger partial charge in [0.1, 0.15) is 0 Å². The van der Waals surface area contributed by atoms with E-state index in [1.54, 1.807) is 0 Å². The van der Waals surface area contributed by atoms with E-state index >= 15 is 0 Å². The van der Waals surface area contributed by atoms with Crippen molar-refractivity contribution in [3.8, 4) is 0 Å². The predicted molar refractivity (Wildman–Crippen MR) is 87.2 cm³/mol. The van der Waals surface area contributed by atoms with Gasteiger partial charge in [0.2, 0.25) is 0 Å². The van der Waals surface area contributed by atoms with E-state index in [0.29, 0.717) is 26.4 Å². The van der Waals surface area contributed by atoms with Crippen molar-refractivity contribution < 1.29 is 14.2 Å². The highest BCUT2D eigenvalue weighted by molar-refractivity contribution is 6.18. The van der Waals surface area contributed by atoms with Gasteiger partial charge in [0, 0.05) is 19.0 Å². The lowest BCUT2D eigenvalue weighted by atomic mass is 9.99. The molecule has 1 rings (SSSR count). The molecule has 0 unspecified atom stereocenters. The maximum atomic E-state index is 5.88. The molecule has 1 aliphatic heterocycles. The topological polar surface area (TPSA) is 30.9 Å². The fourth-order valence-electron chi connectivity index (χ4n) is 2.35. The molecule has 0 N–H and O–H groups in total. The summed E-state index contributed by atoms with van der Waals surface area (Å²) in [5, 5.41) is 0. The summed E-state index contributed by atoms with van der Waals surface area (Å²) in [7, 11) is 0. The minimum Gasteiger partial charge on any atom is -0.379 e. The third-order valence-corrected chi connectivity index (χ3v) is 4.30. The lowest BCUT2D eigenvalue weighted by molar-refractivity contribution is 0.00877. The maximum Gasteiger partial charge on any atom is 0.0701 e. The summed E-state index contributed by atoms with van der Waals surface area (Å²) < 4.78 is 16.5. The van der Waals surface area contributed by atoms with Crippen molar-refractivity contribution in [2.45, 2.75) is 32.6 Å². The van der Waals surface area contributed by atoms with E-state index in [9.17, 15) is 0 Å². The van der Waals surface area contributed by atoms with Gasteiger partial charge in [-0.1, -0.05) is 13.3 Å². The molecule has 1 fully saturated rings. The molecule has 0 amide bonds.